The summed E-state index contributed by atoms with van der Waals surface area (Å²) in [7, 11) is 0. The van der Waals surface area contributed by atoms with Crippen LogP contribution in [0.25, 0.3) is 0 Å². The number of nitrogens with one attached hydrogen (secondary N) is 1. The highest BCUT2D eigenvalue weighted by Crippen LogP contribution is 2.23. The third-order valence-electron chi connectivity index (χ3n) is 2.89. The Kier molecular flexibility index (Phi) is 5.18. The third-order valence-corrected chi connectivity index (χ3v) is 4.00. The van der Waals surface area contributed by atoms with E-state index in [0.717, 1.165) is 10.5 Å². The molecule has 0 aliphatic rings. The molecular formula is C16H18N2OS. The fourth-order valence-electron chi connectivity index (χ4n) is 1.71. The number of rotatable bonds is 5. The van der Waals surface area contributed by atoms with Gasteiger partial charge < -0.3 is 5.32 Å². The summed E-state index contributed by atoms with van der Waals surface area (Å²) >= 11 is 1.57. The average Bonchev–Trinajstić information content (AvgIpc) is 2.48. The molecule has 4 heteroatoms. The number of hydrogen-bond acceptors (Lipinski definition) is 3. The Balaban J connectivity index is 1.84. The predicted molar refractivity (Wildman–Crippen MR) is 82.6 cm³/mol. The van der Waals surface area contributed by atoms with E-state index < -0.39 is 0 Å². The van der Waals surface area contributed by atoms with Gasteiger partial charge in [-0.15, -0.1) is 11.8 Å². The Morgan fingerprint density at radius 2 is 2.05 bits per heavy atom. The summed E-state index contributed by atoms with van der Waals surface area (Å²) < 4.78 is 0. The van der Waals surface area contributed by atoms with Gasteiger partial charge in [-0.1, -0.05) is 23.8 Å². The van der Waals surface area contributed by atoms with E-state index in [-0.39, 0.29) is 11.2 Å². The van der Waals surface area contributed by atoms with Gasteiger partial charge in [-0.3, -0.25) is 9.78 Å². The van der Waals surface area contributed by atoms with Crippen molar-refractivity contribution in [3.63, 3.8) is 0 Å². The Bertz CT molecular complexity index is 554. The molecule has 1 atom stereocenters. The zero-order chi connectivity index (χ0) is 14.4. The molecule has 1 aromatic heterocycles. The third kappa shape index (κ3) is 4.38. The molecule has 3 nitrogen and oxygen atoms in total. The molecule has 2 aromatic rings. The number of thioether (sulfide) groups is 1. The molecule has 0 aliphatic heterocycles. The van der Waals surface area contributed by atoms with Crippen molar-refractivity contribution in [1.29, 1.82) is 0 Å². The number of amides is 1. The summed E-state index contributed by atoms with van der Waals surface area (Å²) in [6.45, 7) is 4.49. The molecule has 1 aromatic carbocycles. The molecule has 104 valence electrons. The predicted octanol–water partition coefficient (Wildman–Crippen LogP) is 3.19. The Labute approximate surface area is 123 Å². The van der Waals surface area contributed by atoms with Gasteiger partial charge in [0.1, 0.15) is 0 Å². The van der Waals surface area contributed by atoms with Crippen LogP contribution in [-0.4, -0.2) is 16.1 Å². The first kappa shape index (κ1) is 14.6. The lowest BCUT2D eigenvalue weighted by atomic mass is 10.2. The highest BCUT2D eigenvalue weighted by atomic mass is 32.2. The molecule has 0 bridgehead atoms. The second-order valence-corrected chi connectivity index (χ2v) is 6.07. The van der Waals surface area contributed by atoms with Crippen LogP contribution in [0.15, 0.2) is 53.7 Å². The maximum Gasteiger partial charge on any atom is 0.233 e. The zero-order valence-corrected chi connectivity index (χ0v) is 12.5. The first-order valence-electron chi connectivity index (χ1n) is 6.55. The van der Waals surface area contributed by atoms with E-state index in [1.807, 2.05) is 31.2 Å². The largest absolute Gasteiger partial charge is 0.351 e. The standard InChI is InChI=1S/C16H18N2OS/c1-12-5-7-15(8-6-12)20-13(2)16(19)18-11-14-4-3-9-17-10-14/h3-10,13H,11H2,1-2H3,(H,18,19)/t13-/m1/s1. The zero-order valence-electron chi connectivity index (χ0n) is 11.7. The lowest BCUT2D eigenvalue weighted by Gasteiger charge is -2.12. The lowest BCUT2D eigenvalue weighted by Crippen LogP contribution is -2.30. The molecule has 0 radical (unpaired) electrons. The minimum Gasteiger partial charge on any atom is -0.351 e. The highest BCUT2D eigenvalue weighted by Gasteiger charge is 2.13. The second kappa shape index (κ2) is 7.10. The van der Waals surface area contributed by atoms with Crippen LogP contribution in [0.5, 0.6) is 0 Å². The number of aromatic nitrogens is 1. The van der Waals surface area contributed by atoms with Gasteiger partial charge in [0.15, 0.2) is 0 Å². The van der Waals surface area contributed by atoms with Crippen molar-refractivity contribution in [3.8, 4) is 0 Å². The van der Waals surface area contributed by atoms with E-state index in [4.69, 9.17) is 0 Å². The van der Waals surface area contributed by atoms with Crippen LogP contribution in [0.1, 0.15) is 18.1 Å². The van der Waals surface area contributed by atoms with Gasteiger partial charge >= 0.3 is 0 Å². The summed E-state index contributed by atoms with van der Waals surface area (Å²) in [5.41, 5.74) is 2.23. The van der Waals surface area contributed by atoms with Crippen molar-refractivity contribution in [3.05, 3.63) is 59.9 Å². The first-order chi connectivity index (χ1) is 9.65. The van der Waals surface area contributed by atoms with Crippen molar-refractivity contribution in [2.45, 2.75) is 30.5 Å². The van der Waals surface area contributed by atoms with Crippen LogP contribution < -0.4 is 5.32 Å². The van der Waals surface area contributed by atoms with Crippen molar-refractivity contribution >= 4 is 17.7 Å². The summed E-state index contributed by atoms with van der Waals surface area (Å²) in [6.07, 6.45) is 3.49. The number of aryl methyl sites for hydroxylation is 1. The smallest absolute Gasteiger partial charge is 0.233 e. The van der Waals surface area contributed by atoms with Crippen molar-refractivity contribution in [2.75, 3.05) is 0 Å². The van der Waals surface area contributed by atoms with Gasteiger partial charge in [0.25, 0.3) is 0 Å². The molecule has 0 unspecified atom stereocenters. The van der Waals surface area contributed by atoms with Crippen molar-refractivity contribution in [1.82, 2.24) is 10.3 Å². The van der Waals surface area contributed by atoms with E-state index >= 15 is 0 Å². The van der Waals surface area contributed by atoms with Crippen LogP contribution in [0.4, 0.5) is 0 Å². The van der Waals surface area contributed by atoms with E-state index in [9.17, 15) is 4.79 Å². The summed E-state index contributed by atoms with van der Waals surface area (Å²) in [6, 6.07) is 12.0. The summed E-state index contributed by atoms with van der Waals surface area (Å²) in [5.74, 6) is 0.0411. The topological polar surface area (TPSA) is 42.0 Å². The normalized spacial score (nSPS) is 11.9. The monoisotopic (exact) mass is 286 g/mol. The van der Waals surface area contributed by atoms with Crippen LogP contribution in [0, 0.1) is 6.92 Å². The van der Waals surface area contributed by atoms with E-state index in [0.29, 0.717) is 6.54 Å². The molecular weight excluding hydrogens is 268 g/mol. The summed E-state index contributed by atoms with van der Waals surface area (Å²) in [4.78, 5) is 17.2. The van der Waals surface area contributed by atoms with Gasteiger partial charge in [0.2, 0.25) is 5.91 Å². The van der Waals surface area contributed by atoms with Gasteiger partial charge in [0.05, 0.1) is 5.25 Å². The maximum absolute atomic E-state index is 12.0. The van der Waals surface area contributed by atoms with Crippen LogP contribution in [0.2, 0.25) is 0 Å². The highest BCUT2D eigenvalue weighted by molar-refractivity contribution is 8.00. The number of carbonyl (C=O) groups is 1. The molecule has 0 spiro atoms. The molecule has 2 rings (SSSR count). The number of hydrogen-bond donors (Lipinski definition) is 1. The molecule has 1 heterocycles. The van der Waals surface area contributed by atoms with E-state index in [1.54, 1.807) is 24.2 Å². The average molecular weight is 286 g/mol. The maximum atomic E-state index is 12.0. The summed E-state index contributed by atoms with van der Waals surface area (Å²) in [5, 5.41) is 2.81. The van der Waals surface area contributed by atoms with Gasteiger partial charge in [-0.25, -0.2) is 0 Å². The Hall–Kier alpha value is -1.81. The number of carbonyl (C=O) groups excluding carboxylic acids is 1. The minimum atomic E-state index is -0.116. The van der Waals surface area contributed by atoms with E-state index in [1.165, 1.54) is 5.56 Å². The van der Waals surface area contributed by atoms with Crippen LogP contribution in [-0.2, 0) is 11.3 Å². The Morgan fingerprint density at radius 3 is 2.70 bits per heavy atom. The molecule has 20 heavy (non-hydrogen) atoms. The fourth-order valence-corrected chi connectivity index (χ4v) is 2.60. The quantitative estimate of drug-likeness (QED) is 0.858. The van der Waals surface area contributed by atoms with Gasteiger partial charge in [0, 0.05) is 23.8 Å². The fraction of sp³-hybridized carbons (Fsp3) is 0.250. The van der Waals surface area contributed by atoms with Gasteiger partial charge in [-0.2, -0.15) is 0 Å². The number of nitrogens with zero attached hydrogens (tertiary/aromatic N) is 1. The number of benzene rings is 1. The minimum absolute atomic E-state index is 0.0411. The molecule has 1 N–H and O–H groups in total. The van der Waals surface area contributed by atoms with Crippen LogP contribution >= 0.6 is 11.8 Å². The molecule has 1 amide bonds. The van der Waals surface area contributed by atoms with Crippen LogP contribution in [0.3, 0.4) is 0 Å². The van der Waals surface area contributed by atoms with E-state index in [2.05, 4.69) is 29.4 Å². The molecule has 0 fully saturated rings. The van der Waals surface area contributed by atoms with Gasteiger partial charge in [-0.05, 0) is 37.6 Å². The van der Waals surface area contributed by atoms with Crippen molar-refractivity contribution < 1.29 is 4.79 Å². The lowest BCUT2D eigenvalue weighted by molar-refractivity contribution is -0.120. The molecule has 0 saturated carbocycles. The van der Waals surface area contributed by atoms with Crippen molar-refractivity contribution in [2.24, 2.45) is 0 Å². The Morgan fingerprint density at radius 1 is 1.30 bits per heavy atom. The first-order valence-corrected chi connectivity index (χ1v) is 7.43. The second-order valence-electron chi connectivity index (χ2n) is 4.65. The number of pyridine rings is 1. The molecule has 0 aliphatic carbocycles. The SMILES string of the molecule is Cc1ccc(S[C@H](C)C(=O)NCc2cccnc2)cc1. The molecule has 0 saturated heterocycles.